The molecule has 284 valence electrons. The first-order valence-electron chi connectivity index (χ1n) is 20.1. The van der Waals surface area contributed by atoms with E-state index in [-0.39, 0.29) is 32.9 Å². The average molecular weight is 827 g/mol. The molecule has 9 rings (SSSR count). The zero-order valence-corrected chi connectivity index (χ0v) is 36.0. The van der Waals surface area contributed by atoms with Gasteiger partial charge in [-0.15, -0.1) is 0 Å². The minimum atomic E-state index is -0.446. The van der Waals surface area contributed by atoms with E-state index in [1.54, 1.807) is 21.2 Å². The van der Waals surface area contributed by atoms with Gasteiger partial charge in [0.1, 0.15) is 0 Å². The molecule has 0 bridgehead atoms. The first kappa shape index (κ1) is 42.0. The molecule has 4 heteroatoms. The van der Waals surface area contributed by atoms with Crippen LogP contribution in [0.2, 0.25) is 0 Å². The summed E-state index contributed by atoms with van der Waals surface area (Å²) in [5.41, 5.74) is 1.79. The monoisotopic (exact) mass is 826 g/mol. The first-order valence-corrected chi connectivity index (χ1v) is 24.3. The summed E-state index contributed by atoms with van der Waals surface area (Å²) in [6.45, 7) is 0. The molecular formula is C52H53FeP3. The van der Waals surface area contributed by atoms with Gasteiger partial charge >= 0.3 is 0 Å². The SMILES string of the molecule is [Fe].c1ccc(P(c2ccccc2)C2CCCC2)cc1.c1ccc(P(c2ccccc2)C2CCCC2)cc1.c1ccc(P(c2ccccc2)c2ccccc2)cc1. The zero-order valence-electron chi connectivity index (χ0n) is 32.2. The van der Waals surface area contributed by atoms with Gasteiger partial charge in [0.2, 0.25) is 0 Å². The molecule has 0 aliphatic heterocycles. The Morgan fingerprint density at radius 2 is 0.429 bits per heavy atom. The maximum absolute atomic E-state index is 2.32. The van der Waals surface area contributed by atoms with Crippen molar-refractivity contribution in [1.29, 1.82) is 0 Å². The summed E-state index contributed by atoms with van der Waals surface area (Å²) in [6.07, 6.45) is 11.3. The molecule has 56 heavy (non-hydrogen) atoms. The Labute approximate surface area is 351 Å². The third-order valence-corrected chi connectivity index (χ3v) is 18.9. The van der Waals surface area contributed by atoms with Crippen LogP contribution in [0.15, 0.2) is 212 Å². The van der Waals surface area contributed by atoms with Gasteiger partial charge in [0.25, 0.3) is 0 Å². The number of hydrogen-bond acceptors (Lipinski definition) is 0. The molecule has 0 saturated heterocycles. The quantitative estimate of drug-likeness (QED) is 0.100. The number of rotatable bonds is 9. The Balaban J connectivity index is 0.000000141. The Bertz CT molecular complexity index is 1790. The Hall–Kier alpha value is -3.65. The van der Waals surface area contributed by atoms with Crippen LogP contribution in [0.25, 0.3) is 0 Å². The van der Waals surface area contributed by atoms with Crippen LogP contribution in [0, 0.1) is 0 Å². The van der Waals surface area contributed by atoms with Gasteiger partial charge in [-0.25, -0.2) is 0 Å². The van der Waals surface area contributed by atoms with Crippen molar-refractivity contribution in [3.63, 3.8) is 0 Å². The molecule has 2 aliphatic rings. The topological polar surface area (TPSA) is 0 Å². The van der Waals surface area contributed by atoms with Crippen LogP contribution < -0.4 is 37.1 Å². The van der Waals surface area contributed by atoms with Crippen LogP contribution in [-0.4, -0.2) is 11.3 Å². The van der Waals surface area contributed by atoms with Gasteiger partial charge in [0.15, 0.2) is 0 Å². The molecule has 0 unspecified atom stereocenters. The van der Waals surface area contributed by atoms with Gasteiger partial charge in [-0.2, -0.15) is 0 Å². The number of hydrogen-bond donors (Lipinski definition) is 0. The summed E-state index contributed by atoms with van der Waals surface area (Å²) in [5.74, 6) is 0. The molecule has 0 aromatic heterocycles. The fourth-order valence-corrected chi connectivity index (χ4v) is 16.3. The maximum atomic E-state index is 2.32. The van der Waals surface area contributed by atoms with Gasteiger partial charge in [-0.3, -0.25) is 0 Å². The second-order valence-corrected chi connectivity index (χ2v) is 21.5. The molecule has 2 saturated carbocycles. The normalized spacial score (nSPS) is 14.1. The van der Waals surface area contributed by atoms with Crippen molar-refractivity contribution in [3.8, 4) is 0 Å². The molecule has 0 radical (unpaired) electrons. The van der Waals surface area contributed by atoms with Crippen LogP contribution in [0.3, 0.4) is 0 Å². The average Bonchev–Trinajstić information content (AvgIpc) is 4.01. The fourth-order valence-electron chi connectivity index (χ4n) is 8.00. The molecule has 2 fully saturated rings. The second kappa shape index (κ2) is 22.9. The van der Waals surface area contributed by atoms with Crippen LogP contribution in [-0.2, 0) is 17.1 Å². The van der Waals surface area contributed by atoms with Crippen molar-refractivity contribution in [2.45, 2.75) is 62.7 Å². The smallest absolute Gasteiger partial charge is 0 e. The maximum Gasteiger partial charge on any atom is 0 e. The van der Waals surface area contributed by atoms with E-state index in [0.29, 0.717) is 0 Å². The van der Waals surface area contributed by atoms with Crippen molar-refractivity contribution < 1.29 is 17.1 Å². The molecule has 7 aromatic carbocycles. The van der Waals surface area contributed by atoms with Gasteiger partial charge in [-0.1, -0.05) is 238 Å². The molecule has 0 N–H and O–H groups in total. The Morgan fingerprint density at radius 3 is 0.625 bits per heavy atom. The molecule has 0 amide bonds. The van der Waals surface area contributed by atoms with Crippen molar-refractivity contribution >= 4 is 60.9 Å². The molecular weight excluding hydrogens is 773 g/mol. The van der Waals surface area contributed by atoms with E-state index in [1.165, 1.54) is 67.3 Å². The summed E-state index contributed by atoms with van der Waals surface area (Å²) >= 11 is 0. The molecule has 0 nitrogen and oxygen atoms in total. The predicted molar refractivity (Wildman–Crippen MR) is 248 cm³/mol. The third kappa shape index (κ3) is 11.7. The molecule has 7 aromatic rings. The van der Waals surface area contributed by atoms with E-state index in [0.717, 1.165) is 11.3 Å². The van der Waals surface area contributed by atoms with E-state index in [4.69, 9.17) is 0 Å². The number of benzene rings is 7. The predicted octanol–water partition coefficient (Wildman–Crippen LogP) is 11.6. The molecule has 0 spiro atoms. The minimum absolute atomic E-state index is 0. The van der Waals surface area contributed by atoms with E-state index in [9.17, 15) is 0 Å². The first-order chi connectivity index (χ1) is 27.3. The summed E-state index contributed by atoms with van der Waals surface area (Å²) in [6, 6.07) is 76.8. The summed E-state index contributed by atoms with van der Waals surface area (Å²) in [7, 11) is -0.750. The Morgan fingerprint density at radius 1 is 0.250 bits per heavy atom. The largest absolute Gasteiger partial charge is 0.0622 e. The van der Waals surface area contributed by atoms with E-state index < -0.39 is 7.92 Å². The summed E-state index contributed by atoms with van der Waals surface area (Å²) < 4.78 is 0. The van der Waals surface area contributed by atoms with Gasteiger partial charge in [0.05, 0.1) is 0 Å². The molecule has 0 heterocycles. The van der Waals surface area contributed by atoms with Gasteiger partial charge in [-0.05, 0) is 97.9 Å². The minimum Gasteiger partial charge on any atom is -0.0622 e. The van der Waals surface area contributed by atoms with Crippen LogP contribution >= 0.6 is 23.8 Å². The summed E-state index contributed by atoms with van der Waals surface area (Å²) in [4.78, 5) is 0. The second-order valence-electron chi connectivity index (χ2n) is 14.3. The van der Waals surface area contributed by atoms with E-state index >= 15 is 0 Å². The zero-order chi connectivity index (χ0) is 37.3. The molecule has 0 atom stereocenters. The molecule has 2 aliphatic carbocycles. The van der Waals surface area contributed by atoms with Gasteiger partial charge < -0.3 is 0 Å². The van der Waals surface area contributed by atoms with E-state index in [1.807, 2.05) is 0 Å². The van der Waals surface area contributed by atoms with Crippen molar-refractivity contribution in [1.82, 2.24) is 0 Å². The van der Waals surface area contributed by atoms with E-state index in [2.05, 4.69) is 212 Å². The van der Waals surface area contributed by atoms with Gasteiger partial charge in [0, 0.05) is 17.1 Å². The van der Waals surface area contributed by atoms with Crippen molar-refractivity contribution in [2.24, 2.45) is 0 Å². The third-order valence-electron chi connectivity index (χ3n) is 10.6. The summed E-state index contributed by atoms with van der Waals surface area (Å²) in [5, 5.41) is 10.4. The van der Waals surface area contributed by atoms with Crippen LogP contribution in [0.1, 0.15) is 51.4 Å². The Kier molecular flexibility index (Phi) is 17.2. The fraction of sp³-hybridized carbons (Fsp3) is 0.192. The standard InChI is InChI=1S/C18H15P.2C17H19P.Fe/c1-4-10-16(11-5-1)19(17-12-6-2-7-13-17)18-14-8-3-9-15-18;2*1-3-9-15(10-4-1)18(17-13-7-8-14-17)16-11-5-2-6-12-16;/h1-15H;2*1-6,9-12,17H,7-8,13-14H2;. The van der Waals surface area contributed by atoms with Crippen LogP contribution in [0.5, 0.6) is 0 Å². The van der Waals surface area contributed by atoms with Crippen molar-refractivity contribution in [2.75, 3.05) is 0 Å². The van der Waals surface area contributed by atoms with Crippen molar-refractivity contribution in [3.05, 3.63) is 212 Å². The van der Waals surface area contributed by atoms with Crippen LogP contribution in [0.4, 0.5) is 0 Å².